The first-order chi connectivity index (χ1) is 11.3. The number of hydrogen-bond acceptors (Lipinski definition) is 2. The standard InChI is InChI=1S/C20H25NO2/c1-2-23-20-14-19(22)17-13-16(11-12-18(17)21-20)10-6-9-15-7-4-3-5-8-15/h6,10-15H,2-5,7-9H2,1H3,(H,21,22)/b10-6+. The van der Waals surface area contributed by atoms with Crippen LogP contribution in [-0.4, -0.2) is 11.6 Å². The van der Waals surface area contributed by atoms with E-state index >= 15 is 0 Å². The lowest BCUT2D eigenvalue weighted by atomic mass is 9.87. The summed E-state index contributed by atoms with van der Waals surface area (Å²) in [5.74, 6) is 1.38. The van der Waals surface area contributed by atoms with Crippen LogP contribution in [-0.2, 0) is 0 Å². The fourth-order valence-corrected chi connectivity index (χ4v) is 3.40. The summed E-state index contributed by atoms with van der Waals surface area (Å²) in [5.41, 5.74) is 1.91. The molecule has 3 nitrogen and oxygen atoms in total. The molecule has 0 unspecified atom stereocenters. The molecule has 0 radical (unpaired) electrons. The molecule has 3 rings (SSSR count). The van der Waals surface area contributed by atoms with Crippen molar-refractivity contribution in [2.75, 3.05) is 6.61 Å². The summed E-state index contributed by atoms with van der Waals surface area (Å²) in [6.07, 6.45) is 12.4. The monoisotopic (exact) mass is 311 g/mol. The molecule has 0 saturated heterocycles. The quantitative estimate of drug-likeness (QED) is 0.852. The van der Waals surface area contributed by atoms with Gasteiger partial charge in [-0.2, -0.15) is 0 Å². The van der Waals surface area contributed by atoms with Gasteiger partial charge in [0.2, 0.25) is 0 Å². The lowest BCUT2D eigenvalue weighted by molar-refractivity contribution is 0.328. The van der Waals surface area contributed by atoms with Gasteiger partial charge in [0.15, 0.2) is 11.3 Å². The third kappa shape index (κ3) is 4.04. The van der Waals surface area contributed by atoms with Crippen molar-refractivity contribution in [3.63, 3.8) is 0 Å². The second kappa shape index (κ2) is 7.49. The zero-order valence-electron chi connectivity index (χ0n) is 13.8. The van der Waals surface area contributed by atoms with Gasteiger partial charge < -0.3 is 9.72 Å². The van der Waals surface area contributed by atoms with Gasteiger partial charge in [0.1, 0.15) is 0 Å². The Morgan fingerprint density at radius 2 is 2.04 bits per heavy atom. The molecule has 0 aliphatic heterocycles. The Bertz CT molecular complexity index is 739. The van der Waals surface area contributed by atoms with Crippen LogP contribution in [0.15, 0.2) is 35.1 Å². The lowest BCUT2D eigenvalue weighted by Crippen LogP contribution is -2.05. The summed E-state index contributed by atoms with van der Waals surface area (Å²) in [5, 5.41) is 0.716. The van der Waals surface area contributed by atoms with Gasteiger partial charge in [0, 0.05) is 11.5 Å². The third-order valence-corrected chi connectivity index (χ3v) is 4.63. The molecule has 0 spiro atoms. The first-order valence-electron chi connectivity index (χ1n) is 8.72. The molecular weight excluding hydrogens is 286 g/mol. The van der Waals surface area contributed by atoms with E-state index in [4.69, 9.17) is 4.74 Å². The van der Waals surface area contributed by atoms with Gasteiger partial charge in [-0.1, -0.05) is 50.3 Å². The Labute approximate surface area is 137 Å². The van der Waals surface area contributed by atoms with Gasteiger partial charge in [-0.15, -0.1) is 0 Å². The fraction of sp³-hybridized carbons (Fsp3) is 0.450. The van der Waals surface area contributed by atoms with E-state index in [0.717, 1.165) is 23.4 Å². The zero-order chi connectivity index (χ0) is 16.1. The Morgan fingerprint density at radius 3 is 2.83 bits per heavy atom. The summed E-state index contributed by atoms with van der Waals surface area (Å²) < 4.78 is 5.39. The number of fused-ring (bicyclic) bond motifs is 1. The van der Waals surface area contributed by atoms with Crippen LogP contribution in [0.25, 0.3) is 17.0 Å². The molecular formula is C20H25NO2. The van der Waals surface area contributed by atoms with E-state index in [1.165, 1.54) is 38.2 Å². The van der Waals surface area contributed by atoms with Crippen LogP contribution in [0.1, 0.15) is 51.0 Å². The first-order valence-corrected chi connectivity index (χ1v) is 8.72. The van der Waals surface area contributed by atoms with Crippen LogP contribution >= 0.6 is 0 Å². The summed E-state index contributed by atoms with van der Waals surface area (Å²) in [7, 11) is 0. The second-order valence-electron chi connectivity index (χ2n) is 6.38. The molecule has 0 amide bonds. The molecule has 3 heteroatoms. The number of aromatic nitrogens is 1. The van der Waals surface area contributed by atoms with Crippen LogP contribution in [0.4, 0.5) is 0 Å². The topological polar surface area (TPSA) is 42.1 Å². The molecule has 0 atom stereocenters. The van der Waals surface area contributed by atoms with Crippen molar-refractivity contribution in [3.05, 3.63) is 46.1 Å². The molecule has 23 heavy (non-hydrogen) atoms. The molecule has 1 fully saturated rings. The highest BCUT2D eigenvalue weighted by Gasteiger charge is 2.11. The predicted molar refractivity (Wildman–Crippen MR) is 96.0 cm³/mol. The number of H-pyrrole nitrogens is 1. The maximum absolute atomic E-state index is 12.2. The van der Waals surface area contributed by atoms with Crippen LogP contribution < -0.4 is 10.2 Å². The van der Waals surface area contributed by atoms with Crippen molar-refractivity contribution < 1.29 is 4.74 Å². The normalized spacial score (nSPS) is 16.2. The summed E-state index contributed by atoms with van der Waals surface area (Å²) in [6.45, 7) is 2.45. The number of ether oxygens (including phenoxy) is 1. The van der Waals surface area contributed by atoms with Crippen molar-refractivity contribution in [1.82, 2.24) is 4.98 Å². The number of nitrogens with one attached hydrogen (secondary N) is 1. The largest absolute Gasteiger partial charge is 0.479 e. The zero-order valence-corrected chi connectivity index (χ0v) is 13.8. The molecule has 2 aromatic rings. The third-order valence-electron chi connectivity index (χ3n) is 4.63. The summed E-state index contributed by atoms with van der Waals surface area (Å²) in [6, 6.07) is 7.49. The number of rotatable bonds is 5. The van der Waals surface area contributed by atoms with Gasteiger partial charge in [0.05, 0.1) is 12.1 Å². The molecule has 1 aromatic heterocycles. The maximum atomic E-state index is 12.2. The van der Waals surface area contributed by atoms with Gasteiger partial charge in [-0.25, -0.2) is 0 Å². The van der Waals surface area contributed by atoms with Crippen molar-refractivity contribution in [2.45, 2.75) is 45.4 Å². The van der Waals surface area contributed by atoms with E-state index in [1.54, 1.807) is 0 Å². The first kappa shape index (κ1) is 15.9. The highest BCUT2D eigenvalue weighted by molar-refractivity contribution is 5.81. The van der Waals surface area contributed by atoms with Gasteiger partial charge in [-0.3, -0.25) is 4.79 Å². The SMILES string of the molecule is CCOc1cc(=O)c2cc(/C=C/CC3CCCCC3)ccc2[nH]1. The number of pyridine rings is 1. The number of allylic oxidation sites excluding steroid dienone is 1. The molecule has 1 aliphatic carbocycles. The number of benzene rings is 1. The second-order valence-corrected chi connectivity index (χ2v) is 6.38. The highest BCUT2D eigenvalue weighted by atomic mass is 16.5. The smallest absolute Gasteiger partial charge is 0.195 e. The molecule has 1 saturated carbocycles. The average Bonchev–Trinajstić information content (AvgIpc) is 2.57. The van der Waals surface area contributed by atoms with Crippen LogP contribution in [0.5, 0.6) is 5.88 Å². The Hall–Kier alpha value is -2.03. The van der Waals surface area contributed by atoms with Crippen molar-refractivity contribution in [2.24, 2.45) is 5.92 Å². The van der Waals surface area contributed by atoms with E-state index in [2.05, 4.69) is 17.1 Å². The molecule has 1 aliphatic rings. The summed E-state index contributed by atoms with van der Waals surface area (Å²) >= 11 is 0. The molecule has 1 aromatic carbocycles. The predicted octanol–water partition coefficient (Wildman–Crippen LogP) is 4.91. The van der Waals surface area contributed by atoms with Crippen molar-refractivity contribution in [3.8, 4) is 5.88 Å². The Kier molecular flexibility index (Phi) is 5.16. The minimum Gasteiger partial charge on any atom is -0.479 e. The molecule has 1 N–H and O–H groups in total. The van der Waals surface area contributed by atoms with E-state index in [-0.39, 0.29) is 5.43 Å². The van der Waals surface area contributed by atoms with Crippen LogP contribution in [0.3, 0.4) is 0 Å². The maximum Gasteiger partial charge on any atom is 0.195 e. The van der Waals surface area contributed by atoms with E-state index < -0.39 is 0 Å². The molecule has 122 valence electrons. The lowest BCUT2D eigenvalue weighted by Gasteiger charge is -2.19. The van der Waals surface area contributed by atoms with E-state index in [9.17, 15) is 4.79 Å². The number of aromatic amines is 1. The van der Waals surface area contributed by atoms with Crippen molar-refractivity contribution in [1.29, 1.82) is 0 Å². The van der Waals surface area contributed by atoms with E-state index in [0.29, 0.717) is 17.9 Å². The Morgan fingerprint density at radius 1 is 1.22 bits per heavy atom. The van der Waals surface area contributed by atoms with E-state index in [1.807, 2.05) is 25.1 Å². The van der Waals surface area contributed by atoms with Crippen LogP contribution in [0.2, 0.25) is 0 Å². The van der Waals surface area contributed by atoms with Gasteiger partial charge >= 0.3 is 0 Å². The minimum absolute atomic E-state index is 0.00438. The minimum atomic E-state index is 0.00438. The fourth-order valence-electron chi connectivity index (χ4n) is 3.40. The number of hydrogen-bond donors (Lipinski definition) is 1. The van der Waals surface area contributed by atoms with Gasteiger partial charge in [0.25, 0.3) is 0 Å². The Balaban J connectivity index is 1.75. The van der Waals surface area contributed by atoms with Crippen LogP contribution in [0, 0.1) is 5.92 Å². The van der Waals surface area contributed by atoms with Gasteiger partial charge in [-0.05, 0) is 37.0 Å². The molecule has 1 heterocycles. The summed E-state index contributed by atoms with van der Waals surface area (Å²) in [4.78, 5) is 15.4. The molecule has 0 bridgehead atoms. The highest BCUT2D eigenvalue weighted by Crippen LogP contribution is 2.26. The van der Waals surface area contributed by atoms with Crippen molar-refractivity contribution >= 4 is 17.0 Å². The average molecular weight is 311 g/mol.